The SMILES string of the molecule is CCC1CCC(N=C2NC(C)(CC)CS2)C1C. The summed E-state index contributed by atoms with van der Waals surface area (Å²) in [5.74, 6) is 2.83. The van der Waals surface area contributed by atoms with Crippen LogP contribution in [0.25, 0.3) is 0 Å². The zero-order valence-electron chi connectivity index (χ0n) is 11.6. The van der Waals surface area contributed by atoms with E-state index in [1.807, 2.05) is 11.8 Å². The van der Waals surface area contributed by atoms with Gasteiger partial charge in [-0.25, -0.2) is 0 Å². The molecule has 2 aliphatic rings. The molecule has 1 saturated carbocycles. The van der Waals surface area contributed by atoms with Crippen LogP contribution in [0.1, 0.15) is 53.4 Å². The Morgan fingerprint density at radius 3 is 2.71 bits per heavy atom. The summed E-state index contributed by atoms with van der Waals surface area (Å²) in [6.07, 6.45) is 5.15. The summed E-state index contributed by atoms with van der Waals surface area (Å²) in [5.41, 5.74) is 0.273. The van der Waals surface area contributed by atoms with E-state index in [-0.39, 0.29) is 5.54 Å². The lowest BCUT2D eigenvalue weighted by atomic mass is 9.94. The predicted octanol–water partition coefficient (Wildman–Crippen LogP) is 3.67. The fourth-order valence-electron chi connectivity index (χ4n) is 2.95. The zero-order chi connectivity index (χ0) is 12.5. The highest BCUT2D eigenvalue weighted by Crippen LogP contribution is 2.37. The van der Waals surface area contributed by atoms with Gasteiger partial charge in [-0.05, 0) is 38.0 Å². The van der Waals surface area contributed by atoms with Crippen LogP contribution in [-0.2, 0) is 0 Å². The van der Waals surface area contributed by atoms with Crippen LogP contribution in [-0.4, -0.2) is 22.5 Å². The van der Waals surface area contributed by atoms with Crippen LogP contribution >= 0.6 is 11.8 Å². The number of nitrogens with one attached hydrogen (secondary N) is 1. The summed E-state index contributed by atoms with van der Waals surface area (Å²) in [5, 5.41) is 4.81. The quantitative estimate of drug-likeness (QED) is 0.831. The van der Waals surface area contributed by atoms with Crippen molar-refractivity contribution in [3.63, 3.8) is 0 Å². The third-order valence-electron chi connectivity index (χ3n) is 4.71. The molecule has 4 atom stereocenters. The van der Waals surface area contributed by atoms with Crippen LogP contribution in [0.3, 0.4) is 0 Å². The van der Waals surface area contributed by atoms with Crippen molar-refractivity contribution in [3.05, 3.63) is 0 Å². The van der Waals surface area contributed by atoms with Gasteiger partial charge in [0.1, 0.15) is 0 Å². The van der Waals surface area contributed by atoms with E-state index in [4.69, 9.17) is 4.99 Å². The average molecular weight is 254 g/mol. The van der Waals surface area contributed by atoms with Gasteiger partial charge in [-0.15, -0.1) is 0 Å². The van der Waals surface area contributed by atoms with Gasteiger partial charge >= 0.3 is 0 Å². The van der Waals surface area contributed by atoms with Crippen molar-refractivity contribution in [2.75, 3.05) is 5.75 Å². The molecule has 2 nitrogen and oxygen atoms in total. The Balaban J connectivity index is 1.98. The summed E-state index contributed by atoms with van der Waals surface area (Å²) in [6, 6.07) is 0.564. The van der Waals surface area contributed by atoms with Gasteiger partial charge in [0.25, 0.3) is 0 Å². The van der Waals surface area contributed by atoms with E-state index in [0.717, 1.165) is 11.8 Å². The highest BCUT2D eigenvalue weighted by molar-refractivity contribution is 8.14. The summed E-state index contributed by atoms with van der Waals surface area (Å²) < 4.78 is 0. The van der Waals surface area contributed by atoms with Gasteiger partial charge in [0.05, 0.1) is 6.04 Å². The van der Waals surface area contributed by atoms with E-state index in [1.165, 1.54) is 36.6 Å². The number of aliphatic imine (C=N–C) groups is 1. The smallest absolute Gasteiger partial charge is 0.157 e. The van der Waals surface area contributed by atoms with E-state index < -0.39 is 0 Å². The van der Waals surface area contributed by atoms with E-state index in [9.17, 15) is 0 Å². The van der Waals surface area contributed by atoms with E-state index >= 15 is 0 Å². The maximum absolute atomic E-state index is 4.97. The molecule has 0 amide bonds. The van der Waals surface area contributed by atoms with Crippen molar-refractivity contribution in [1.29, 1.82) is 0 Å². The summed E-state index contributed by atoms with van der Waals surface area (Å²) in [7, 11) is 0. The molecular weight excluding hydrogens is 228 g/mol. The topological polar surface area (TPSA) is 24.4 Å². The molecule has 3 heteroatoms. The number of hydrogen-bond donors (Lipinski definition) is 1. The summed E-state index contributed by atoms with van der Waals surface area (Å²) >= 11 is 1.91. The van der Waals surface area contributed by atoms with Crippen molar-refractivity contribution >= 4 is 16.9 Å². The molecule has 0 aromatic carbocycles. The van der Waals surface area contributed by atoms with E-state index in [0.29, 0.717) is 6.04 Å². The van der Waals surface area contributed by atoms with Crippen LogP contribution in [0, 0.1) is 11.8 Å². The maximum atomic E-state index is 4.97. The molecule has 17 heavy (non-hydrogen) atoms. The molecule has 1 N–H and O–H groups in total. The maximum Gasteiger partial charge on any atom is 0.157 e. The van der Waals surface area contributed by atoms with Crippen molar-refractivity contribution in [2.24, 2.45) is 16.8 Å². The monoisotopic (exact) mass is 254 g/mol. The Labute approximate surface area is 110 Å². The second kappa shape index (κ2) is 5.21. The van der Waals surface area contributed by atoms with Crippen LogP contribution in [0.4, 0.5) is 0 Å². The number of amidine groups is 1. The Hall–Kier alpha value is -0.180. The van der Waals surface area contributed by atoms with Gasteiger partial charge in [0.15, 0.2) is 5.17 Å². The molecule has 0 spiro atoms. The fourth-order valence-corrected chi connectivity index (χ4v) is 4.21. The van der Waals surface area contributed by atoms with Gasteiger partial charge in [-0.3, -0.25) is 4.99 Å². The zero-order valence-corrected chi connectivity index (χ0v) is 12.4. The van der Waals surface area contributed by atoms with Crippen molar-refractivity contribution in [1.82, 2.24) is 5.32 Å². The highest BCUT2D eigenvalue weighted by Gasteiger charge is 2.34. The van der Waals surface area contributed by atoms with Crippen LogP contribution < -0.4 is 5.32 Å². The van der Waals surface area contributed by atoms with Gasteiger partial charge in [-0.1, -0.05) is 39.0 Å². The molecule has 1 aliphatic carbocycles. The standard InChI is InChI=1S/C14H26N2S/c1-5-11-7-8-12(10(11)3)15-13-16-14(4,6-2)9-17-13/h10-12H,5-9H2,1-4H3,(H,15,16). The Bertz CT molecular complexity index is 303. The second-order valence-corrected chi connectivity index (χ2v) is 6.90. The molecule has 2 fully saturated rings. The highest BCUT2D eigenvalue weighted by atomic mass is 32.2. The molecule has 0 aromatic heterocycles. The van der Waals surface area contributed by atoms with Crippen molar-refractivity contribution in [2.45, 2.75) is 65.0 Å². The second-order valence-electron chi connectivity index (χ2n) is 5.93. The number of rotatable bonds is 3. The van der Waals surface area contributed by atoms with Crippen molar-refractivity contribution < 1.29 is 0 Å². The molecule has 1 aliphatic heterocycles. The van der Waals surface area contributed by atoms with Gasteiger partial charge in [-0.2, -0.15) is 0 Å². The minimum Gasteiger partial charge on any atom is -0.359 e. The number of nitrogens with zero attached hydrogens (tertiary/aromatic N) is 1. The first-order valence-electron chi connectivity index (χ1n) is 7.06. The molecule has 1 heterocycles. The minimum atomic E-state index is 0.273. The van der Waals surface area contributed by atoms with Gasteiger partial charge in [0, 0.05) is 11.3 Å². The largest absolute Gasteiger partial charge is 0.359 e. The molecule has 1 saturated heterocycles. The first-order chi connectivity index (χ1) is 8.08. The Morgan fingerprint density at radius 1 is 1.41 bits per heavy atom. The third-order valence-corrected chi connectivity index (χ3v) is 5.97. The average Bonchev–Trinajstić information content (AvgIpc) is 2.86. The molecule has 4 unspecified atom stereocenters. The Morgan fingerprint density at radius 2 is 2.18 bits per heavy atom. The molecule has 2 rings (SSSR count). The molecular formula is C14H26N2S. The lowest BCUT2D eigenvalue weighted by Crippen LogP contribution is -2.40. The lowest BCUT2D eigenvalue weighted by Gasteiger charge is -2.21. The molecule has 0 radical (unpaired) electrons. The Kier molecular flexibility index (Phi) is 4.06. The van der Waals surface area contributed by atoms with Crippen molar-refractivity contribution in [3.8, 4) is 0 Å². The fraction of sp³-hybridized carbons (Fsp3) is 0.929. The number of thioether (sulfide) groups is 1. The van der Waals surface area contributed by atoms with Gasteiger partial charge < -0.3 is 5.32 Å². The van der Waals surface area contributed by atoms with E-state index in [1.54, 1.807) is 0 Å². The third kappa shape index (κ3) is 2.81. The molecule has 0 aromatic rings. The number of hydrogen-bond acceptors (Lipinski definition) is 2. The van der Waals surface area contributed by atoms with E-state index in [2.05, 4.69) is 33.0 Å². The summed E-state index contributed by atoms with van der Waals surface area (Å²) in [6.45, 7) is 9.25. The first kappa shape index (κ1) is 13.3. The first-order valence-corrected chi connectivity index (χ1v) is 8.05. The predicted molar refractivity (Wildman–Crippen MR) is 77.7 cm³/mol. The minimum absolute atomic E-state index is 0.273. The van der Waals surface area contributed by atoms with Gasteiger partial charge in [0.2, 0.25) is 0 Å². The normalized spacial score (nSPS) is 44.2. The van der Waals surface area contributed by atoms with Crippen LogP contribution in [0.15, 0.2) is 4.99 Å². The lowest BCUT2D eigenvalue weighted by molar-refractivity contribution is 0.382. The summed E-state index contributed by atoms with van der Waals surface area (Å²) in [4.78, 5) is 4.97. The van der Waals surface area contributed by atoms with Crippen LogP contribution in [0.5, 0.6) is 0 Å². The molecule has 98 valence electrons. The van der Waals surface area contributed by atoms with Crippen LogP contribution in [0.2, 0.25) is 0 Å². The molecule has 0 bridgehead atoms.